The van der Waals surface area contributed by atoms with E-state index in [9.17, 15) is 0 Å². The zero-order valence-corrected chi connectivity index (χ0v) is 51.2. The Morgan fingerprint density at radius 3 is 0.989 bits per heavy atom. The average molecular weight is 1130 g/mol. The van der Waals surface area contributed by atoms with Crippen molar-refractivity contribution >= 4 is 86.4 Å². The Morgan fingerprint density at radius 2 is 0.575 bits per heavy atom. The summed E-state index contributed by atoms with van der Waals surface area (Å²) >= 11 is 0. The molecule has 6 aliphatic rings. The number of ether oxygens (including phenoxy) is 5. The lowest BCUT2D eigenvalue weighted by atomic mass is 9.30. The molecule has 0 radical (unpaired) electrons. The molecule has 0 aromatic heterocycles. The van der Waals surface area contributed by atoms with Crippen molar-refractivity contribution in [3.8, 4) is 90.9 Å². The van der Waals surface area contributed by atoms with Crippen LogP contribution in [0, 0.1) is 83.1 Å². The molecule has 87 heavy (non-hydrogen) atoms. The molecule has 0 saturated heterocycles. The van der Waals surface area contributed by atoms with Gasteiger partial charge in [0, 0.05) is 34.4 Å². The Morgan fingerprint density at radius 1 is 0.253 bits per heavy atom. The molecule has 11 aromatic rings. The summed E-state index contributed by atoms with van der Waals surface area (Å²) in [5.41, 5.74) is 34.6. The summed E-state index contributed by atoms with van der Waals surface area (Å²) in [5, 5.41) is 0. The van der Waals surface area contributed by atoms with Crippen molar-refractivity contribution in [2.75, 3.05) is 4.90 Å². The van der Waals surface area contributed by atoms with E-state index < -0.39 is 0 Å². The maximum absolute atomic E-state index is 7.61. The highest BCUT2D eigenvalue weighted by Crippen LogP contribution is 2.50. The van der Waals surface area contributed by atoms with Gasteiger partial charge in [-0.2, -0.15) is 0 Å². The number of hydrogen-bond donors (Lipinski definition) is 0. The number of anilines is 3. The van der Waals surface area contributed by atoms with E-state index in [-0.39, 0.29) is 20.1 Å². The molecule has 9 heteroatoms. The van der Waals surface area contributed by atoms with Gasteiger partial charge < -0.3 is 28.6 Å². The summed E-state index contributed by atoms with van der Waals surface area (Å²) in [4.78, 5) is 2.54. The van der Waals surface area contributed by atoms with Crippen LogP contribution in [0.5, 0.6) is 57.5 Å². The van der Waals surface area contributed by atoms with E-state index in [1.807, 2.05) is 0 Å². The molecule has 0 atom stereocenters. The Labute approximate surface area is 510 Å². The highest BCUT2D eigenvalue weighted by molar-refractivity contribution is 7.03. The van der Waals surface area contributed by atoms with Gasteiger partial charge in [-0.05, 0) is 248 Å². The van der Waals surface area contributed by atoms with Gasteiger partial charge in [0.25, 0.3) is 20.1 Å². The Balaban J connectivity index is 0.940. The van der Waals surface area contributed by atoms with Gasteiger partial charge >= 0.3 is 0 Å². The summed E-state index contributed by atoms with van der Waals surface area (Å²) in [6.45, 7) is 25.9. The second-order valence-corrected chi connectivity index (χ2v) is 25.8. The molecule has 0 spiro atoms. The summed E-state index contributed by atoms with van der Waals surface area (Å²) < 4.78 is 36.4. The number of fused-ring (bicyclic) bond motifs is 12. The maximum atomic E-state index is 7.61. The summed E-state index contributed by atoms with van der Waals surface area (Å²) in [5.74, 6) is 8.13. The first-order valence-corrected chi connectivity index (χ1v) is 30.6. The minimum atomic E-state index is -0.280. The highest BCUT2D eigenvalue weighted by atomic mass is 16.5. The minimum absolute atomic E-state index is 0.181. The van der Waals surface area contributed by atoms with Gasteiger partial charge in [0.15, 0.2) is 0 Å². The van der Waals surface area contributed by atoms with E-state index in [1.165, 1.54) is 88.9 Å². The van der Waals surface area contributed by atoms with Crippen LogP contribution in [0.25, 0.3) is 33.4 Å². The molecule has 0 N–H and O–H groups in total. The molecular weight excluding hydrogens is 1060 g/mol. The van der Waals surface area contributed by atoms with Crippen molar-refractivity contribution in [3.63, 3.8) is 0 Å². The molecule has 0 aliphatic carbocycles. The number of aryl methyl sites for hydroxylation is 12. The summed E-state index contributed by atoms with van der Waals surface area (Å²) in [7, 11) is 0. The topological polar surface area (TPSA) is 49.4 Å². The summed E-state index contributed by atoms with van der Waals surface area (Å²) in [6.07, 6.45) is 0. The van der Waals surface area contributed by atoms with Crippen LogP contribution in [0.15, 0.2) is 158 Å². The fraction of sp³-hybridized carbons (Fsp3) is 0.154. The van der Waals surface area contributed by atoms with E-state index >= 15 is 0 Å². The number of para-hydroxylation sites is 2. The third kappa shape index (κ3) is 7.57. The third-order valence-electron chi connectivity index (χ3n) is 19.5. The largest absolute Gasteiger partial charge is 0.458 e. The number of benzene rings is 11. The van der Waals surface area contributed by atoms with Gasteiger partial charge in [-0.15, -0.1) is 0 Å². The molecule has 6 heterocycles. The minimum Gasteiger partial charge on any atom is -0.458 e. The van der Waals surface area contributed by atoms with Crippen LogP contribution in [-0.2, 0) is 0 Å². The Bertz CT molecular complexity index is 4890. The van der Waals surface area contributed by atoms with Gasteiger partial charge in [-0.1, -0.05) is 119 Å². The number of hydrogen-bond acceptors (Lipinski definition) is 6. The molecule has 17 rings (SSSR count). The van der Waals surface area contributed by atoms with Crippen molar-refractivity contribution in [3.05, 3.63) is 224 Å². The van der Waals surface area contributed by atoms with Gasteiger partial charge in [0.2, 0.25) is 0 Å². The van der Waals surface area contributed by atoms with E-state index in [1.54, 1.807) is 0 Å². The molecule has 0 bridgehead atoms. The second kappa shape index (κ2) is 18.5. The molecule has 0 unspecified atom stereocenters. The average Bonchev–Trinajstić information content (AvgIpc) is 0.719. The fourth-order valence-corrected chi connectivity index (χ4v) is 16.7. The van der Waals surface area contributed by atoms with Crippen LogP contribution < -0.4 is 77.7 Å². The van der Waals surface area contributed by atoms with Gasteiger partial charge in [0.05, 0.1) is 5.69 Å². The molecule has 6 aliphatic heterocycles. The standard InChI is InChI=1S/C78H62B3NO5/c1-39-21-43(5)72(44(6)22-39)51-29-61-75-67(30-51)86-66-38-65-58(80-55-18-14-16-20-63(55)84-69-32-53(34-71(87-65)77(69)80)74-47(9)25-41(3)26-48(74)10)36-59(66)81(75)56-35-57-64(37-60(56)82(61)78-49(11)27-42(4)28-50(78)12)85-70-33-52(73-45(7)23-40(2)24-46(73)8)31-68-76(70)79(57)54-17-13-15-19-62(54)83-68/h13-38H,1-12H3. The van der Waals surface area contributed by atoms with Crippen molar-refractivity contribution < 1.29 is 23.7 Å². The zero-order valence-electron chi connectivity index (χ0n) is 51.2. The predicted octanol–water partition coefficient (Wildman–Crippen LogP) is 14.2. The Kier molecular flexibility index (Phi) is 11.0. The van der Waals surface area contributed by atoms with Gasteiger partial charge in [0.1, 0.15) is 57.5 Å². The molecular formula is C78H62B3NO5. The van der Waals surface area contributed by atoms with Crippen LogP contribution in [-0.4, -0.2) is 20.1 Å². The van der Waals surface area contributed by atoms with Crippen molar-refractivity contribution in [1.29, 1.82) is 0 Å². The van der Waals surface area contributed by atoms with Crippen LogP contribution in [0.3, 0.4) is 0 Å². The summed E-state index contributed by atoms with van der Waals surface area (Å²) in [6, 6.07) is 58.6. The second-order valence-electron chi connectivity index (χ2n) is 25.8. The first-order valence-electron chi connectivity index (χ1n) is 30.6. The highest BCUT2D eigenvalue weighted by Gasteiger charge is 2.49. The Hall–Kier alpha value is -9.59. The monoisotopic (exact) mass is 1130 g/mol. The van der Waals surface area contributed by atoms with Crippen molar-refractivity contribution in [2.45, 2.75) is 83.1 Å². The third-order valence-corrected chi connectivity index (χ3v) is 19.5. The van der Waals surface area contributed by atoms with Crippen LogP contribution in [0.2, 0.25) is 0 Å². The normalized spacial score (nSPS) is 13.7. The van der Waals surface area contributed by atoms with Crippen molar-refractivity contribution in [1.82, 2.24) is 0 Å². The van der Waals surface area contributed by atoms with E-state index in [0.29, 0.717) is 0 Å². The zero-order chi connectivity index (χ0) is 59.3. The fourth-order valence-electron chi connectivity index (χ4n) is 16.7. The van der Waals surface area contributed by atoms with Gasteiger partial charge in [-0.3, -0.25) is 0 Å². The van der Waals surface area contributed by atoms with E-state index in [2.05, 4.69) is 246 Å². The molecule has 11 aromatic carbocycles. The van der Waals surface area contributed by atoms with Gasteiger partial charge in [-0.25, -0.2) is 0 Å². The molecule has 0 saturated carbocycles. The predicted molar refractivity (Wildman–Crippen MR) is 361 cm³/mol. The molecule has 0 amide bonds. The lowest BCUT2D eigenvalue weighted by Crippen LogP contribution is -2.64. The van der Waals surface area contributed by atoms with Crippen LogP contribution >= 0.6 is 0 Å². The molecule has 0 fully saturated rings. The number of rotatable bonds is 4. The van der Waals surface area contributed by atoms with Crippen LogP contribution in [0.4, 0.5) is 17.1 Å². The SMILES string of the molecule is Cc1cc(C)c(-c2cc3c4c(c2)Oc2cc5c(cc2B4c2ccccc2O3)B2c3cc4c(cc3N(c3c(C)cc(C)cc3C)c3cc(-c6c(C)cc(C)cc6C)cc(c32)O5)Oc2cc(-c3c(C)cc(C)cc3C)cc3c2B4c2ccccc2O3)c(C)c1. The smallest absolute Gasteiger partial charge is 0.260 e. The van der Waals surface area contributed by atoms with E-state index in [4.69, 9.17) is 23.7 Å². The lowest BCUT2D eigenvalue weighted by Gasteiger charge is -2.43. The number of nitrogens with zero attached hydrogens (tertiary/aromatic N) is 1. The van der Waals surface area contributed by atoms with Crippen molar-refractivity contribution in [2.24, 2.45) is 0 Å². The first-order chi connectivity index (χ1) is 42.0. The lowest BCUT2D eigenvalue weighted by molar-refractivity contribution is 0.456. The maximum Gasteiger partial charge on any atom is 0.260 e. The van der Waals surface area contributed by atoms with E-state index in [0.717, 1.165) is 135 Å². The quantitative estimate of drug-likeness (QED) is 0.164. The molecule has 418 valence electrons. The van der Waals surface area contributed by atoms with Crippen LogP contribution in [0.1, 0.15) is 66.8 Å². The first kappa shape index (κ1) is 51.8. The molecule has 6 nitrogen and oxygen atoms in total.